The fourth-order valence-electron chi connectivity index (χ4n) is 4.62. The number of pyridine rings is 1. The number of aromatic nitrogens is 1. The molecule has 6 nitrogen and oxygen atoms in total. The first-order chi connectivity index (χ1) is 17.0. The number of hydrogen-bond acceptors (Lipinski definition) is 4. The largest absolute Gasteiger partial charge is 0.478 e. The fourth-order valence-corrected chi connectivity index (χ4v) is 4.62. The zero-order valence-corrected chi connectivity index (χ0v) is 22.2. The minimum Gasteiger partial charge on any atom is -0.478 e. The third-order valence-electron chi connectivity index (χ3n) is 6.78. The Morgan fingerprint density at radius 2 is 1.64 bits per heavy atom. The zero-order valence-electron chi connectivity index (χ0n) is 22.2. The standard InChI is InChI=1S/C30H37N3O3/c1-17(2)13-27-26(15-31)29(22-9-7-18(3)8-10-22)25(21(6)33-27)14-28(34)32-16-23-11-12-24(30(35)36)20(5)19(23)4/h7-12,17H,13-16,31H2,1-6H3,(H,32,34)(H,35,36). The van der Waals surface area contributed by atoms with Crippen LogP contribution < -0.4 is 11.1 Å². The van der Waals surface area contributed by atoms with Gasteiger partial charge in [0.15, 0.2) is 0 Å². The zero-order chi connectivity index (χ0) is 26.6. The molecule has 6 heteroatoms. The molecule has 0 saturated carbocycles. The van der Waals surface area contributed by atoms with Gasteiger partial charge in [-0.05, 0) is 85.0 Å². The number of nitrogens with one attached hydrogen (secondary N) is 1. The van der Waals surface area contributed by atoms with E-state index >= 15 is 0 Å². The van der Waals surface area contributed by atoms with Gasteiger partial charge in [0.2, 0.25) is 5.91 Å². The molecule has 0 aliphatic heterocycles. The summed E-state index contributed by atoms with van der Waals surface area (Å²) in [5.41, 5.74) is 16.0. The Hall–Kier alpha value is -3.51. The Kier molecular flexibility index (Phi) is 8.64. The number of benzene rings is 2. The maximum Gasteiger partial charge on any atom is 0.335 e. The fraction of sp³-hybridized carbons (Fsp3) is 0.367. The lowest BCUT2D eigenvalue weighted by Crippen LogP contribution is -2.26. The number of nitrogens with zero attached hydrogens (tertiary/aromatic N) is 1. The summed E-state index contributed by atoms with van der Waals surface area (Å²) in [7, 11) is 0. The molecule has 0 atom stereocenters. The first-order valence-electron chi connectivity index (χ1n) is 12.4. The van der Waals surface area contributed by atoms with Crippen molar-refractivity contribution >= 4 is 11.9 Å². The molecular weight excluding hydrogens is 450 g/mol. The molecule has 4 N–H and O–H groups in total. The van der Waals surface area contributed by atoms with Crippen LogP contribution in [0.2, 0.25) is 0 Å². The number of amides is 1. The number of carbonyl (C=O) groups excluding carboxylic acids is 1. The van der Waals surface area contributed by atoms with Gasteiger partial charge in [-0.15, -0.1) is 0 Å². The number of rotatable bonds is 9. The Morgan fingerprint density at radius 1 is 0.972 bits per heavy atom. The van der Waals surface area contributed by atoms with Crippen LogP contribution in [-0.4, -0.2) is 22.0 Å². The van der Waals surface area contributed by atoms with E-state index in [1.165, 1.54) is 5.56 Å². The van der Waals surface area contributed by atoms with Gasteiger partial charge in [0.05, 0.1) is 12.0 Å². The summed E-state index contributed by atoms with van der Waals surface area (Å²) in [5, 5.41) is 12.4. The van der Waals surface area contributed by atoms with E-state index in [1.54, 1.807) is 19.1 Å². The van der Waals surface area contributed by atoms with E-state index in [4.69, 9.17) is 10.7 Å². The molecule has 0 fully saturated rings. The predicted molar refractivity (Wildman–Crippen MR) is 144 cm³/mol. The number of carboxylic acid groups (broad SMARTS) is 1. The van der Waals surface area contributed by atoms with Crippen LogP contribution in [0.25, 0.3) is 11.1 Å². The Morgan fingerprint density at radius 3 is 2.22 bits per heavy atom. The average molecular weight is 488 g/mol. The second kappa shape index (κ2) is 11.5. The minimum atomic E-state index is -0.950. The van der Waals surface area contributed by atoms with E-state index in [1.807, 2.05) is 13.8 Å². The van der Waals surface area contributed by atoms with Crippen molar-refractivity contribution in [2.24, 2.45) is 11.7 Å². The van der Waals surface area contributed by atoms with Gasteiger partial charge in [-0.2, -0.15) is 0 Å². The van der Waals surface area contributed by atoms with Crippen LogP contribution in [0.15, 0.2) is 36.4 Å². The van der Waals surface area contributed by atoms with Crippen LogP contribution in [0.4, 0.5) is 0 Å². The summed E-state index contributed by atoms with van der Waals surface area (Å²) in [5.74, 6) is -0.636. The molecule has 0 unspecified atom stereocenters. The summed E-state index contributed by atoms with van der Waals surface area (Å²) < 4.78 is 0. The highest BCUT2D eigenvalue weighted by molar-refractivity contribution is 5.90. The Bertz CT molecular complexity index is 1280. The van der Waals surface area contributed by atoms with Crippen molar-refractivity contribution in [3.63, 3.8) is 0 Å². The van der Waals surface area contributed by atoms with E-state index in [9.17, 15) is 14.7 Å². The molecule has 0 aliphatic carbocycles. The van der Waals surface area contributed by atoms with Crippen molar-refractivity contribution in [1.82, 2.24) is 10.3 Å². The van der Waals surface area contributed by atoms with Gasteiger partial charge in [0.25, 0.3) is 0 Å². The number of hydrogen-bond donors (Lipinski definition) is 3. The first kappa shape index (κ1) is 27.1. The quantitative estimate of drug-likeness (QED) is 0.385. The third kappa shape index (κ3) is 6.00. The molecule has 0 spiro atoms. The Balaban J connectivity index is 1.95. The molecule has 36 heavy (non-hydrogen) atoms. The van der Waals surface area contributed by atoms with Gasteiger partial charge < -0.3 is 16.2 Å². The third-order valence-corrected chi connectivity index (χ3v) is 6.78. The Labute approximate surface area is 214 Å². The number of carboxylic acids is 1. The summed E-state index contributed by atoms with van der Waals surface area (Å²) in [6, 6.07) is 11.7. The first-order valence-corrected chi connectivity index (χ1v) is 12.4. The molecule has 3 aromatic rings. The lowest BCUT2D eigenvalue weighted by molar-refractivity contribution is -0.120. The van der Waals surface area contributed by atoms with Crippen molar-refractivity contribution in [2.75, 3.05) is 0 Å². The molecule has 3 rings (SSSR count). The second-order valence-corrected chi connectivity index (χ2v) is 9.93. The smallest absolute Gasteiger partial charge is 0.335 e. The summed E-state index contributed by atoms with van der Waals surface area (Å²) in [4.78, 5) is 29.4. The monoisotopic (exact) mass is 487 g/mol. The van der Waals surface area contributed by atoms with Gasteiger partial charge in [-0.25, -0.2) is 4.79 Å². The summed E-state index contributed by atoms with van der Waals surface area (Å²) in [6.07, 6.45) is 1.01. The molecular formula is C30H37N3O3. The predicted octanol–water partition coefficient (Wildman–Crippen LogP) is 5.20. The van der Waals surface area contributed by atoms with Gasteiger partial charge in [0.1, 0.15) is 0 Å². The molecule has 1 aromatic heterocycles. The number of aromatic carboxylic acids is 1. The van der Waals surface area contributed by atoms with Crippen LogP contribution in [0.5, 0.6) is 0 Å². The van der Waals surface area contributed by atoms with Gasteiger partial charge in [-0.1, -0.05) is 49.7 Å². The van der Waals surface area contributed by atoms with E-state index in [0.717, 1.165) is 51.2 Å². The van der Waals surface area contributed by atoms with E-state index in [0.29, 0.717) is 24.6 Å². The van der Waals surface area contributed by atoms with Crippen LogP contribution in [0.1, 0.15) is 69.0 Å². The lowest BCUT2D eigenvalue weighted by Gasteiger charge is -2.21. The van der Waals surface area contributed by atoms with Crippen molar-refractivity contribution in [1.29, 1.82) is 0 Å². The minimum absolute atomic E-state index is 0.118. The van der Waals surface area contributed by atoms with Gasteiger partial charge >= 0.3 is 5.97 Å². The SMILES string of the molecule is Cc1ccc(-c2c(CC(=O)NCc3ccc(C(=O)O)c(C)c3C)c(C)nc(CC(C)C)c2CN)cc1. The summed E-state index contributed by atoms with van der Waals surface area (Å²) in [6.45, 7) is 12.7. The maximum atomic E-state index is 13.1. The van der Waals surface area contributed by atoms with Crippen molar-refractivity contribution in [2.45, 2.75) is 67.5 Å². The van der Waals surface area contributed by atoms with Crippen LogP contribution in [-0.2, 0) is 30.7 Å². The van der Waals surface area contributed by atoms with E-state index < -0.39 is 5.97 Å². The number of nitrogens with two attached hydrogens (primary N) is 1. The molecule has 0 saturated heterocycles. The van der Waals surface area contributed by atoms with Crippen molar-refractivity contribution in [3.05, 3.63) is 86.7 Å². The summed E-state index contributed by atoms with van der Waals surface area (Å²) >= 11 is 0. The highest BCUT2D eigenvalue weighted by Crippen LogP contribution is 2.33. The molecule has 1 amide bonds. The molecule has 190 valence electrons. The lowest BCUT2D eigenvalue weighted by atomic mass is 9.88. The number of aryl methyl sites for hydroxylation is 2. The van der Waals surface area contributed by atoms with E-state index in [-0.39, 0.29) is 17.9 Å². The topological polar surface area (TPSA) is 105 Å². The molecule has 0 bridgehead atoms. The van der Waals surface area contributed by atoms with Crippen LogP contribution in [0, 0.1) is 33.6 Å². The molecule has 0 aliphatic rings. The highest BCUT2D eigenvalue weighted by atomic mass is 16.4. The van der Waals surface area contributed by atoms with Crippen molar-refractivity contribution in [3.8, 4) is 11.1 Å². The normalized spacial score (nSPS) is 11.1. The maximum absolute atomic E-state index is 13.1. The highest BCUT2D eigenvalue weighted by Gasteiger charge is 2.21. The van der Waals surface area contributed by atoms with Crippen molar-refractivity contribution < 1.29 is 14.7 Å². The average Bonchev–Trinajstić information content (AvgIpc) is 2.81. The second-order valence-electron chi connectivity index (χ2n) is 9.93. The molecule has 2 aromatic carbocycles. The van der Waals surface area contributed by atoms with Crippen LogP contribution in [0.3, 0.4) is 0 Å². The van der Waals surface area contributed by atoms with E-state index in [2.05, 4.69) is 50.4 Å². The molecule has 1 heterocycles. The van der Waals surface area contributed by atoms with Gasteiger partial charge in [0, 0.05) is 24.5 Å². The van der Waals surface area contributed by atoms with Crippen LogP contribution >= 0.6 is 0 Å². The number of carbonyl (C=O) groups is 2. The van der Waals surface area contributed by atoms with Gasteiger partial charge in [-0.3, -0.25) is 9.78 Å². The molecule has 0 radical (unpaired) electrons.